The minimum Gasteiger partial charge on any atom is -0.480 e. The molecule has 10 heteroatoms. The van der Waals surface area contributed by atoms with Gasteiger partial charge in [-0.1, -0.05) is 6.42 Å². The summed E-state index contributed by atoms with van der Waals surface area (Å²) in [5.41, 5.74) is -0.383. The van der Waals surface area contributed by atoms with E-state index in [0.717, 1.165) is 25.3 Å². The molecule has 0 amide bonds. The van der Waals surface area contributed by atoms with Crippen LogP contribution in [0.5, 0.6) is 0 Å². The maximum absolute atomic E-state index is 12.7. The molecule has 1 aromatic carbocycles. The minimum atomic E-state index is -3.80. The second-order valence-electron chi connectivity index (χ2n) is 6.00. The molecule has 1 aliphatic rings. The molecule has 0 aliphatic carbocycles. The Morgan fingerprint density at radius 3 is 2.44 bits per heavy atom. The number of benzene rings is 1. The Hall–Kier alpha value is -2.20. The summed E-state index contributed by atoms with van der Waals surface area (Å²) in [6.45, 7) is 2.19. The maximum Gasteiger partial charge on any atom is 0.326 e. The van der Waals surface area contributed by atoms with Gasteiger partial charge in [0.05, 0.1) is 9.82 Å². The summed E-state index contributed by atoms with van der Waals surface area (Å²) in [5.74, 6) is -1.14. The number of carboxylic acid groups (broad SMARTS) is 1. The molecule has 0 bridgehead atoms. The number of hydrogen-bond acceptors (Lipinski definition) is 6. The Bertz CT molecular complexity index is 773. The van der Waals surface area contributed by atoms with Crippen LogP contribution in [0.25, 0.3) is 0 Å². The van der Waals surface area contributed by atoms with Gasteiger partial charge in [0.15, 0.2) is 0 Å². The first-order valence-electron chi connectivity index (χ1n) is 7.90. The van der Waals surface area contributed by atoms with Gasteiger partial charge in [0.25, 0.3) is 5.69 Å². The SMILES string of the molecule is CC(C(=O)O)N(C)c1ccc(S(=O)(=O)N2CCCCC2)cc1[N+](=O)[O-]. The molecule has 0 spiro atoms. The fourth-order valence-electron chi connectivity index (χ4n) is 2.74. The highest BCUT2D eigenvalue weighted by Gasteiger charge is 2.30. The third kappa shape index (κ3) is 3.90. The van der Waals surface area contributed by atoms with Crippen molar-refractivity contribution in [3.05, 3.63) is 28.3 Å². The van der Waals surface area contributed by atoms with E-state index in [2.05, 4.69) is 0 Å². The zero-order chi connectivity index (χ0) is 18.8. The van der Waals surface area contributed by atoms with Crippen LogP contribution >= 0.6 is 0 Å². The van der Waals surface area contributed by atoms with Crippen LogP contribution in [0.2, 0.25) is 0 Å². The molecule has 1 atom stereocenters. The third-order valence-electron chi connectivity index (χ3n) is 4.41. The van der Waals surface area contributed by atoms with E-state index in [4.69, 9.17) is 5.11 Å². The van der Waals surface area contributed by atoms with E-state index in [1.54, 1.807) is 0 Å². The quantitative estimate of drug-likeness (QED) is 0.596. The fraction of sp³-hybridized carbons (Fsp3) is 0.533. The van der Waals surface area contributed by atoms with Gasteiger partial charge in [0, 0.05) is 26.2 Å². The molecule has 2 rings (SSSR count). The molecule has 1 aromatic rings. The monoisotopic (exact) mass is 371 g/mol. The first-order chi connectivity index (χ1) is 11.7. The van der Waals surface area contributed by atoms with Gasteiger partial charge in [-0.05, 0) is 31.9 Å². The zero-order valence-corrected chi connectivity index (χ0v) is 14.9. The summed E-state index contributed by atoms with van der Waals surface area (Å²) in [5, 5.41) is 20.5. The molecular formula is C15H21N3O6S. The summed E-state index contributed by atoms with van der Waals surface area (Å²) < 4.78 is 26.7. The van der Waals surface area contributed by atoms with Gasteiger partial charge in [-0.25, -0.2) is 13.2 Å². The molecule has 0 saturated carbocycles. The lowest BCUT2D eigenvalue weighted by molar-refractivity contribution is -0.384. The minimum absolute atomic E-state index is 0.0532. The number of carboxylic acids is 1. The molecule has 1 fully saturated rings. The number of piperidine rings is 1. The summed E-state index contributed by atoms with van der Waals surface area (Å²) in [4.78, 5) is 22.9. The maximum atomic E-state index is 12.7. The summed E-state index contributed by atoms with van der Waals surface area (Å²) in [6.07, 6.45) is 2.49. The van der Waals surface area contributed by atoms with Gasteiger partial charge in [-0.2, -0.15) is 4.31 Å². The lowest BCUT2D eigenvalue weighted by atomic mass is 10.2. The van der Waals surface area contributed by atoms with E-state index in [-0.39, 0.29) is 10.6 Å². The number of likely N-dealkylation sites (N-methyl/N-ethyl adjacent to an activating group) is 1. The number of nitro groups is 1. The lowest BCUT2D eigenvalue weighted by Gasteiger charge is -2.27. The predicted molar refractivity (Wildman–Crippen MR) is 91.2 cm³/mol. The predicted octanol–water partition coefficient (Wildman–Crippen LogP) is 1.68. The van der Waals surface area contributed by atoms with Crippen molar-refractivity contribution in [3.63, 3.8) is 0 Å². The van der Waals surface area contributed by atoms with E-state index in [9.17, 15) is 23.3 Å². The third-order valence-corrected chi connectivity index (χ3v) is 6.31. The molecule has 1 saturated heterocycles. The van der Waals surface area contributed by atoms with Gasteiger partial charge >= 0.3 is 5.97 Å². The molecule has 1 N–H and O–H groups in total. The van der Waals surface area contributed by atoms with Crippen molar-refractivity contribution >= 4 is 27.4 Å². The molecule has 0 radical (unpaired) electrons. The Morgan fingerprint density at radius 1 is 1.32 bits per heavy atom. The van der Waals surface area contributed by atoms with Gasteiger partial charge in [-0.15, -0.1) is 0 Å². The summed E-state index contributed by atoms with van der Waals surface area (Å²) in [6, 6.07) is 2.58. The summed E-state index contributed by atoms with van der Waals surface area (Å²) in [7, 11) is -2.39. The molecule has 0 aromatic heterocycles. The number of nitrogens with zero attached hydrogens (tertiary/aromatic N) is 3. The van der Waals surface area contributed by atoms with Crippen molar-refractivity contribution in [1.82, 2.24) is 4.31 Å². The highest BCUT2D eigenvalue weighted by atomic mass is 32.2. The second kappa shape index (κ2) is 7.36. The van der Waals surface area contributed by atoms with Crippen LogP contribution in [-0.2, 0) is 14.8 Å². The van der Waals surface area contributed by atoms with E-state index >= 15 is 0 Å². The molecule has 25 heavy (non-hydrogen) atoms. The van der Waals surface area contributed by atoms with Crippen molar-refractivity contribution in [1.29, 1.82) is 0 Å². The van der Waals surface area contributed by atoms with Crippen LogP contribution in [0, 0.1) is 10.1 Å². The van der Waals surface area contributed by atoms with E-state index < -0.39 is 32.6 Å². The average molecular weight is 371 g/mol. The average Bonchev–Trinajstić information content (AvgIpc) is 2.60. The second-order valence-corrected chi connectivity index (χ2v) is 7.94. The van der Waals surface area contributed by atoms with E-state index in [1.807, 2.05) is 0 Å². The number of carbonyl (C=O) groups is 1. The number of hydrogen-bond donors (Lipinski definition) is 1. The van der Waals surface area contributed by atoms with Gasteiger partial charge in [0.2, 0.25) is 10.0 Å². The van der Waals surface area contributed by atoms with Crippen LogP contribution in [0.1, 0.15) is 26.2 Å². The van der Waals surface area contributed by atoms with E-state index in [0.29, 0.717) is 13.1 Å². The van der Waals surface area contributed by atoms with E-state index in [1.165, 1.54) is 35.3 Å². The van der Waals surface area contributed by atoms with Gasteiger partial charge in [-0.3, -0.25) is 10.1 Å². The van der Waals surface area contributed by atoms with Crippen molar-refractivity contribution in [2.24, 2.45) is 0 Å². The highest BCUT2D eigenvalue weighted by molar-refractivity contribution is 7.89. The van der Waals surface area contributed by atoms with Gasteiger partial charge in [0.1, 0.15) is 11.7 Å². The molecule has 1 unspecified atom stereocenters. The summed E-state index contributed by atoms with van der Waals surface area (Å²) >= 11 is 0. The molecule has 138 valence electrons. The number of anilines is 1. The first kappa shape index (κ1) is 19.1. The number of sulfonamides is 1. The topological polar surface area (TPSA) is 121 Å². The van der Waals surface area contributed by atoms with Crippen LogP contribution in [0.3, 0.4) is 0 Å². The largest absolute Gasteiger partial charge is 0.480 e. The van der Waals surface area contributed by atoms with Crippen LogP contribution < -0.4 is 4.90 Å². The van der Waals surface area contributed by atoms with Gasteiger partial charge < -0.3 is 10.0 Å². The normalized spacial score (nSPS) is 17.0. The van der Waals surface area contributed by atoms with Crippen molar-refractivity contribution in [3.8, 4) is 0 Å². The van der Waals surface area contributed by atoms with Crippen molar-refractivity contribution in [2.45, 2.75) is 37.1 Å². The van der Waals surface area contributed by atoms with Crippen LogP contribution in [0.4, 0.5) is 11.4 Å². The number of nitro benzene ring substituents is 1. The fourth-order valence-corrected chi connectivity index (χ4v) is 4.27. The Kier molecular flexibility index (Phi) is 5.63. The Balaban J connectivity index is 2.45. The number of aliphatic carboxylic acids is 1. The van der Waals surface area contributed by atoms with Crippen molar-refractivity contribution in [2.75, 3.05) is 25.0 Å². The van der Waals surface area contributed by atoms with Crippen LogP contribution in [-0.4, -0.2) is 54.9 Å². The highest BCUT2D eigenvalue weighted by Crippen LogP contribution is 2.32. The number of rotatable bonds is 6. The molecule has 1 aliphatic heterocycles. The molecular weight excluding hydrogens is 350 g/mol. The molecule has 1 heterocycles. The smallest absolute Gasteiger partial charge is 0.326 e. The van der Waals surface area contributed by atoms with Crippen molar-refractivity contribution < 1.29 is 23.2 Å². The zero-order valence-electron chi connectivity index (χ0n) is 14.1. The Labute approximate surface area is 146 Å². The molecule has 9 nitrogen and oxygen atoms in total. The first-order valence-corrected chi connectivity index (χ1v) is 9.34. The lowest BCUT2D eigenvalue weighted by Crippen LogP contribution is -2.37. The van der Waals surface area contributed by atoms with Crippen LogP contribution in [0.15, 0.2) is 23.1 Å². The standard InChI is InChI=1S/C15H21N3O6S/c1-11(15(19)20)16(2)13-7-6-12(10-14(13)18(21)22)25(23,24)17-8-4-3-5-9-17/h6-7,10-11H,3-5,8-9H2,1-2H3,(H,19,20). The Morgan fingerprint density at radius 2 is 1.92 bits per heavy atom.